The Morgan fingerprint density at radius 2 is 1.85 bits per heavy atom. The van der Waals surface area contributed by atoms with Crippen molar-refractivity contribution in [3.63, 3.8) is 0 Å². The molecule has 172 valence electrons. The molecule has 6 nitrogen and oxygen atoms in total. The Morgan fingerprint density at radius 1 is 1.03 bits per heavy atom. The van der Waals surface area contributed by atoms with Crippen LogP contribution in [0.2, 0.25) is 0 Å². The number of benzene rings is 2. The van der Waals surface area contributed by atoms with E-state index in [1.165, 1.54) is 18.2 Å². The predicted octanol–water partition coefficient (Wildman–Crippen LogP) is 5.67. The number of carbonyl (C=O) groups excluding carboxylic acids is 1. The Hall–Kier alpha value is -3.48. The van der Waals surface area contributed by atoms with Crippen molar-refractivity contribution in [2.24, 2.45) is 0 Å². The fourth-order valence-electron chi connectivity index (χ4n) is 4.27. The summed E-state index contributed by atoms with van der Waals surface area (Å²) in [7, 11) is 0. The number of para-hydroxylation sites is 1. The smallest absolute Gasteiger partial charge is 0.162 e. The van der Waals surface area contributed by atoms with Gasteiger partial charge in [-0.05, 0) is 43.5 Å². The van der Waals surface area contributed by atoms with Gasteiger partial charge in [0.15, 0.2) is 11.6 Å². The summed E-state index contributed by atoms with van der Waals surface area (Å²) >= 11 is 0. The number of nitrogens with zero attached hydrogens (tertiary/aromatic N) is 3. The summed E-state index contributed by atoms with van der Waals surface area (Å²) in [6.07, 6.45) is 6.03. The Kier molecular flexibility index (Phi) is 6.87. The Labute approximate surface area is 192 Å². The minimum atomic E-state index is -0.499. The number of aromatic nitrogens is 3. The number of rotatable bonds is 10. The number of fused-ring (bicyclic) bond motifs is 3. The molecule has 7 heteroatoms. The third-order valence-electron chi connectivity index (χ3n) is 6.05. The molecule has 0 unspecified atom stereocenters. The molecular formula is C26H30FN5O. The maximum atomic E-state index is 13.3. The van der Waals surface area contributed by atoms with Crippen LogP contribution in [0.25, 0.3) is 21.9 Å². The van der Waals surface area contributed by atoms with Crippen molar-refractivity contribution in [2.45, 2.75) is 58.4 Å². The second-order valence-corrected chi connectivity index (χ2v) is 8.46. The van der Waals surface area contributed by atoms with Crippen molar-refractivity contribution in [1.29, 1.82) is 0 Å². The van der Waals surface area contributed by atoms with Gasteiger partial charge in [0.25, 0.3) is 0 Å². The van der Waals surface area contributed by atoms with Crippen LogP contribution < -0.4 is 11.5 Å². The summed E-state index contributed by atoms with van der Waals surface area (Å²) in [5.74, 6) is 0.989. The number of hydrogen-bond acceptors (Lipinski definition) is 5. The number of imidazole rings is 1. The Morgan fingerprint density at radius 3 is 2.64 bits per heavy atom. The predicted molar refractivity (Wildman–Crippen MR) is 132 cm³/mol. The SMILES string of the molecule is CCCCc1nc2c(N)nc3ccccc3c2n1CCCCCC(=O)c1ccc(F)c(N)c1. The van der Waals surface area contributed by atoms with Gasteiger partial charge in [0, 0.05) is 30.3 Å². The molecule has 0 amide bonds. The van der Waals surface area contributed by atoms with Crippen LogP contribution in [0.1, 0.15) is 61.6 Å². The quantitative estimate of drug-likeness (QED) is 0.185. The molecule has 0 aliphatic carbocycles. The average molecular weight is 448 g/mol. The van der Waals surface area contributed by atoms with Crippen molar-refractivity contribution in [3.8, 4) is 0 Å². The van der Waals surface area contributed by atoms with Gasteiger partial charge in [-0.25, -0.2) is 14.4 Å². The van der Waals surface area contributed by atoms with Gasteiger partial charge in [-0.2, -0.15) is 0 Å². The summed E-state index contributed by atoms with van der Waals surface area (Å²) in [4.78, 5) is 21.8. The third-order valence-corrected chi connectivity index (χ3v) is 6.05. The number of anilines is 2. The molecule has 2 aromatic heterocycles. The molecule has 0 bridgehead atoms. The molecule has 0 saturated carbocycles. The summed E-state index contributed by atoms with van der Waals surface area (Å²) in [5, 5.41) is 1.06. The lowest BCUT2D eigenvalue weighted by Crippen LogP contribution is -2.06. The van der Waals surface area contributed by atoms with Crippen LogP contribution in [0.15, 0.2) is 42.5 Å². The van der Waals surface area contributed by atoms with E-state index < -0.39 is 5.82 Å². The lowest BCUT2D eigenvalue weighted by Gasteiger charge is -2.11. The normalized spacial score (nSPS) is 11.5. The first kappa shape index (κ1) is 22.7. The number of nitrogens with two attached hydrogens (primary N) is 2. The molecule has 4 aromatic rings. The number of ketones is 1. The molecule has 0 atom stereocenters. The van der Waals surface area contributed by atoms with Gasteiger partial charge in [-0.15, -0.1) is 0 Å². The van der Waals surface area contributed by atoms with Gasteiger partial charge in [0.2, 0.25) is 0 Å². The molecule has 0 aliphatic heterocycles. The van der Waals surface area contributed by atoms with E-state index in [0.717, 1.165) is 72.8 Å². The van der Waals surface area contributed by atoms with Gasteiger partial charge in [0.05, 0.1) is 16.7 Å². The minimum absolute atomic E-state index is 0.00781. The average Bonchev–Trinajstić information content (AvgIpc) is 3.18. The van der Waals surface area contributed by atoms with E-state index in [2.05, 4.69) is 22.5 Å². The summed E-state index contributed by atoms with van der Waals surface area (Å²) in [6.45, 7) is 2.98. The topological polar surface area (TPSA) is 99.8 Å². The van der Waals surface area contributed by atoms with Crippen LogP contribution in [0.5, 0.6) is 0 Å². The highest BCUT2D eigenvalue weighted by molar-refractivity contribution is 6.06. The standard InChI is InChI=1S/C26H30FN5O/c1-2-3-12-23-31-24-25(18-9-6-7-10-21(18)30-26(24)29)32(23)15-8-4-5-11-22(33)17-13-14-19(27)20(28)16-17/h6-7,9-10,13-14,16H,2-5,8,11-12,15,28H2,1H3,(H2,29,30). The zero-order valence-corrected chi connectivity index (χ0v) is 19.0. The van der Waals surface area contributed by atoms with Gasteiger partial charge in [-0.1, -0.05) is 38.0 Å². The molecular weight excluding hydrogens is 417 g/mol. The Bertz CT molecular complexity index is 1300. The van der Waals surface area contributed by atoms with Crippen LogP contribution in [0.4, 0.5) is 15.9 Å². The molecule has 0 saturated heterocycles. The maximum Gasteiger partial charge on any atom is 0.162 e. The first-order chi connectivity index (χ1) is 16.0. The molecule has 33 heavy (non-hydrogen) atoms. The maximum absolute atomic E-state index is 13.3. The first-order valence-electron chi connectivity index (χ1n) is 11.6. The molecule has 0 fully saturated rings. The molecule has 4 N–H and O–H groups in total. The zero-order chi connectivity index (χ0) is 23.4. The third kappa shape index (κ3) is 4.82. The molecule has 2 heterocycles. The second-order valence-electron chi connectivity index (χ2n) is 8.46. The summed E-state index contributed by atoms with van der Waals surface area (Å²) < 4.78 is 15.6. The fourth-order valence-corrected chi connectivity index (χ4v) is 4.27. The lowest BCUT2D eigenvalue weighted by molar-refractivity contribution is 0.0979. The van der Waals surface area contributed by atoms with Crippen molar-refractivity contribution in [1.82, 2.24) is 14.5 Å². The van der Waals surface area contributed by atoms with E-state index in [9.17, 15) is 9.18 Å². The van der Waals surface area contributed by atoms with Crippen molar-refractivity contribution >= 4 is 39.2 Å². The van der Waals surface area contributed by atoms with Crippen LogP contribution >= 0.6 is 0 Å². The number of carbonyl (C=O) groups is 1. The number of halogens is 1. The number of Topliss-reactive ketones (excluding diaryl/α,β-unsaturated/α-hetero) is 1. The minimum Gasteiger partial charge on any atom is -0.396 e. The molecule has 0 radical (unpaired) electrons. The highest BCUT2D eigenvalue weighted by Crippen LogP contribution is 2.29. The molecule has 0 spiro atoms. The van der Waals surface area contributed by atoms with E-state index >= 15 is 0 Å². The lowest BCUT2D eigenvalue weighted by atomic mass is 10.0. The van der Waals surface area contributed by atoms with E-state index in [1.807, 2.05) is 18.2 Å². The van der Waals surface area contributed by atoms with Gasteiger partial charge in [0.1, 0.15) is 17.2 Å². The van der Waals surface area contributed by atoms with Crippen molar-refractivity contribution in [2.75, 3.05) is 11.5 Å². The van der Waals surface area contributed by atoms with E-state index in [-0.39, 0.29) is 11.5 Å². The zero-order valence-electron chi connectivity index (χ0n) is 19.0. The van der Waals surface area contributed by atoms with E-state index in [1.54, 1.807) is 0 Å². The molecule has 4 rings (SSSR count). The van der Waals surface area contributed by atoms with Crippen molar-refractivity contribution in [3.05, 3.63) is 59.7 Å². The number of unbranched alkanes of at least 4 members (excludes halogenated alkanes) is 3. The highest BCUT2D eigenvalue weighted by atomic mass is 19.1. The van der Waals surface area contributed by atoms with Crippen LogP contribution in [0, 0.1) is 5.82 Å². The van der Waals surface area contributed by atoms with Crippen LogP contribution in [-0.2, 0) is 13.0 Å². The highest BCUT2D eigenvalue weighted by Gasteiger charge is 2.17. The second kappa shape index (κ2) is 9.98. The number of pyridine rings is 1. The largest absolute Gasteiger partial charge is 0.396 e. The Balaban J connectivity index is 1.48. The molecule has 2 aromatic carbocycles. The van der Waals surface area contributed by atoms with Gasteiger partial charge in [-0.3, -0.25) is 4.79 Å². The van der Waals surface area contributed by atoms with Gasteiger partial charge < -0.3 is 16.0 Å². The number of nitrogen functional groups attached to an aromatic ring is 2. The monoisotopic (exact) mass is 447 g/mol. The van der Waals surface area contributed by atoms with Crippen LogP contribution in [0.3, 0.4) is 0 Å². The summed E-state index contributed by atoms with van der Waals surface area (Å²) in [5.41, 5.74) is 15.0. The number of hydrogen-bond donors (Lipinski definition) is 2. The summed E-state index contributed by atoms with van der Waals surface area (Å²) in [6, 6.07) is 12.2. The van der Waals surface area contributed by atoms with Gasteiger partial charge >= 0.3 is 0 Å². The van der Waals surface area contributed by atoms with E-state index in [4.69, 9.17) is 16.5 Å². The fraction of sp³-hybridized carbons (Fsp3) is 0.346. The number of aryl methyl sites for hydroxylation is 2. The van der Waals surface area contributed by atoms with Crippen LogP contribution in [-0.4, -0.2) is 20.3 Å². The van der Waals surface area contributed by atoms with Crippen molar-refractivity contribution < 1.29 is 9.18 Å². The first-order valence-corrected chi connectivity index (χ1v) is 11.6. The molecule has 0 aliphatic rings. The van der Waals surface area contributed by atoms with E-state index in [0.29, 0.717) is 17.8 Å².